The number of hydrogen-bond acceptors (Lipinski definition) is 6. The van der Waals surface area contributed by atoms with Gasteiger partial charge in [-0.2, -0.15) is 0 Å². The Bertz CT molecular complexity index is 1260. The highest BCUT2D eigenvalue weighted by atomic mass is 35.5. The van der Waals surface area contributed by atoms with Crippen molar-refractivity contribution in [2.45, 2.75) is 57.8 Å². The number of carbonyl (C=O) groups is 2. The summed E-state index contributed by atoms with van der Waals surface area (Å²) < 4.78 is 0. The zero-order valence-electron chi connectivity index (χ0n) is 19.8. The van der Waals surface area contributed by atoms with Crippen LogP contribution in [0.2, 0.25) is 5.02 Å². The number of nitrogens with one attached hydrogen (secondary N) is 3. The molecule has 1 aliphatic heterocycles. The van der Waals surface area contributed by atoms with Crippen LogP contribution in [0.1, 0.15) is 57.6 Å². The van der Waals surface area contributed by atoms with Crippen LogP contribution in [0.5, 0.6) is 0 Å². The maximum absolute atomic E-state index is 13.1. The first-order valence-corrected chi connectivity index (χ1v) is 13.2. The van der Waals surface area contributed by atoms with Gasteiger partial charge in [-0.05, 0) is 56.9 Å². The molecule has 35 heavy (non-hydrogen) atoms. The highest BCUT2D eigenvalue weighted by Crippen LogP contribution is 2.29. The summed E-state index contributed by atoms with van der Waals surface area (Å²) in [7, 11) is 0. The van der Waals surface area contributed by atoms with E-state index in [9.17, 15) is 14.7 Å². The topological polar surface area (TPSA) is 110 Å². The first kappa shape index (κ1) is 24.2. The molecule has 5 rings (SSSR count). The van der Waals surface area contributed by atoms with E-state index >= 15 is 0 Å². The lowest BCUT2D eigenvalue weighted by Gasteiger charge is -2.29. The van der Waals surface area contributed by atoms with Crippen molar-refractivity contribution in [3.05, 3.63) is 50.6 Å². The fourth-order valence-electron chi connectivity index (χ4n) is 5.07. The first-order chi connectivity index (χ1) is 16.8. The van der Waals surface area contributed by atoms with Crippen LogP contribution in [0.3, 0.4) is 0 Å². The van der Waals surface area contributed by atoms with Gasteiger partial charge in [0.25, 0.3) is 11.8 Å². The number of aliphatic hydroxyl groups is 1. The van der Waals surface area contributed by atoms with Crippen LogP contribution in [0.4, 0.5) is 0 Å². The number of hydrogen-bond donors (Lipinski definition) is 4. The average molecular weight is 516 g/mol. The SMILES string of the molecule is CC(C)N1CCc2nc(C(=O)NC3CC(CO)CC3NC(=O)c3cc4cc(Cl)ccc4[nH]3)sc2C1. The van der Waals surface area contributed by atoms with Gasteiger partial charge in [0.2, 0.25) is 0 Å². The fraction of sp³-hybridized carbons (Fsp3) is 0.480. The number of nitrogens with zero attached hydrogens (tertiary/aromatic N) is 2. The predicted octanol–water partition coefficient (Wildman–Crippen LogP) is 3.34. The number of benzene rings is 1. The summed E-state index contributed by atoms with van der Waals surface area (Å²) in [4.78, 5) is 37.4. The molecule has 186 valence electrons. The molecule has 3 unspecified atom stereocenters. The van der Waals surface area contributed by atoms with E-state index in [1.165, 1.54) is 11.3 Å². The minimum absolute atomic E-state index is 0.0104. The van der Waals surface area contributed by atoms with Crippen LogP contribution in [-0.4, -0.2) is 63.1 Å². The van der Waals surface area contributed by atoms with Crippen molar-refractivity contribution in [2.75, 3.05) is 13.2 Å². The van der Waals surface area contributed by atoms with E-state index in [0.29, 0.717) is 34.6 Å². The third-order valence-electron chi connectivity index (χ3n) is 7.06. The third kappa shape index (κ3) is 5.09. The number of fused-ring (bicyclic) bond motifs is 2. The number of aromatic amines is 1. The van der Waals surface area contributed by atoms with Gasteiger partial charge < -0.3 is 20.7 Å². The Hall–Kier alpha value is -2.46. The lowest BCUT2D eigenvalue weighted by Crippen LogP contribution is -2.48. The lowest BCUT2D eigenvalue weighted by atomic mass is 10.1. The van der Waals surface area contributed by atoms with Gasteiger partial charge in [-0.3, -0.25) is 14.5 Å². The van der Waals surface area contributed by atoms with Gasteiger partial charge in [0.05, 0.1) is 5.69 Å². The summed E-state index contributed by atoms with van der Waals surface area (Å²) in [5.74, 6) is -0.460. The third-order valence-corrected chi connectivity index (χ3v) is 8.38. The molecule has 0 saturated heterocycles. The quantitative estimate of drug-likeness (QED) is 0.402. The Morgan fingerprint density at radius 1 is 1.23 bits per heavy atom. The van der Waals surface area contributed by atoms with Gasteiger partial charge in [0.15, 0.2) is 5.01 Å². The second-order valence-corrected chi connectivity index (χ2v) is 11.3. The van der Waals surface area contributed by atoms with Crippen molar-refractivity contribution in [3.8, 4) is 0 Å². The Balaban J connectivity index is 1.28. The molecule has 2 aliphatic rings. The Kier molecular flexibility index (Phi) is 6.85. The number of aliphatic hydroxyl groups excluding tert-OH is 1. The first-order valence-electron chi connectivity index (χ1n) is 12.0. The zero-order valence-corrected chi connectivity index (χ0v) is 21.4. The largest absolute Gasteiger partial charge is 0.396 e. The molecule has 0 bridgehead atoms. The number of aromatic nitrogens is 2. The van der Waals surface area contributed by atoms with Gasteiger partial charge in [-0.15, -0.1) is 11.3 Å². The molecule has 0 radical (unpaired) electrons. The second-order valence-electron chi connectivity index (χ2n) is 9.80. The normalized spacial score (nSPS) is 22.5. The Morgan fingerprint density at radius 2 is 1.97 bits per heavy atom. The second kappa shape index (κ2) is 9.89. The van der Waals surface area contributed by atoms with Gasteiger partial charge in [0.1, 0.15) is 5.69 Å². The van der Waals surface area contributed by atoms with Crippen molar-refractivity contribution < 1.29 is 14.7 Å². The van der Waals surface area contributed by atoms with E-state index in [1.807, 2.05) is 6.07 Å². The maximum Gasteiger partial charge on any atom is 0.280 e. The maximum atomic E-state index is 13.1. The molecule has 0 spiro atoms. The summed E-state index contributed by atoms with van der Waals surface area (Å²) in [5, 5.41) is 17.8. The van der Waals surface area contributed by atoms with Crippen LogP contribution in [0.25, 0.3) is 10.9 Å². The number of H-pyrrole nitrogens is 1. The molecule has 2 amide bonds. The van der Waals surface area contributed by atoms with E-state index in [-0.39, 0.29) is 36.4 Å². The summed E-state index contributed by atoms with van der Waals surface area (Å²) >= 11 is 7.52. The number of halogens is 1. The highest BCUT2D eigenvalue weighted by molar-refractivity contribution is 7.13. The summed E-state index contributed by atoms with van der Waals surface area (Å²) in [5.41, 5.74) is 2.27. The molecule has 4 N–H and O–H groups in total. The Labute approximate surface area is 213 Å². The number of carbonyl (C=O) groups excluding carboxylic acids is 2. The molecule has 3 atom stereocenters. The van der Waals surface area contributed by atoms with Gasteiger partial charge >= 0.3 is 0 Å². The molecule has 1 fully saturated rings. The lowest BCUT2D eigenvalue weighted by molar-refractivity contribution is 0.0889. The zero-order chi connectivity index (χ0) is 24.7. The van der Waals surface area contributed by atoms with E-state index < -0.39 is 0 Å². The number of amides is 2. The number of thiazole rings is 1. The molecular formula is C25H30ClN5O3S. The molecule has 8 nitrogen and oxygen atoms in total. The van der Waals surface area contributed by atoms with Crippen molar-refractivity contribution in [2.24, 2.45) is 5.92 Å². The van der Waals surface area contributed by atoms with Crippen LogP contribution >= 0.6 is 22.9 Å². The smallest absolute Gasteiger partial charge is 0.280 e. The van der Waals surface area contributed by atoms with E-state index in [4.69, 9.17) is 11.6 Å². The van der Waals surface area contributed by atoms with Crippen LogP contribution in [0.15, 0.2) is 24.3 Å². The van der Waals surface area contributed by atoms with Crippen molar-refractivity contribution in [1.82, 2.24) is 25.5 Å². The molecular weight excluding hydrogens is 486 g/mol. The van der Waals surface area contributed by atoms with E-state index in [2.05, 4.69) is 39.3 Å². The van der Waals surface area contributed by atoms with E-state index in [1.54, 1.807) is 18.2 Å². The minimum Gasteiger partial charge on any atom is -0.396 e. The molecule has 10 heteroatoms. The van der Waals surface area contributed by atoms with Gasteiger partial charge in [0, 0.05) is 65.0 Å². The highest BCUT2D eigenvalue weighted by Gasteiger charge is 2.37. The summed E-state index contributed by atoms with van der Waals surface area (Å²) in [6.07, 6.45) is 2.04. The summed E-state index contributed by atoms with van der Waals surface area (Å²) in [6, 6.07) is 7.06. The van der Waals surface area contributed by atoms with Gasteiger partial charge in [-0.25, -0.2) is 4.98 Å². The standard InChI is InChI=1S/C25H30ClN5O3S/c1-13(2)31-6-5-18-22(11-31)35-25(30-18)24(34)29-20-8-14(12-32)7-19(20)28-23(33)21-10-15-9-16(26)3-4-17(15)27-21/h3-4,9-10,13-14,19-20,27,32H,5-8,11-12H2,1-2H3,(H,28,33)(H,29,34). The Morgan fingerprint density at radius 3 is 2.69 bits per heavy atom. The molecule has 1 aromatic carbocycles. The monoisotopic (exact) mass is 515 g/mol. The van der Waals surface area contributed by atoms with Crippen molar-refractivity contribution in [1.29, 1.82) is 0 Å². The van der Waals surface area contributed by atoms with E-state index in [0.717, 1.165) is 41.0 Å². The molecule has 3 heterocycles. The van der Waals surface area contributed by atoms with Crippen molar-refractivity contribution in [3.63, 3.8) is 0 Å². The van der Waals surface area contributed by atoms with Gasteiger partial charge in [-0.1, -0.05) is 11.6 Å². The minimum atomic E-state index is -0.287. The predicted molar refractivity (Wildman–Crippen MR) is 137 cm³/mol. The molecule has 1 saturated carbocycles. The molecule has 1 aliphatic carbocycles. The number of rotatable bonds is 6. The molecule has 3 aromatic rings. The molecule has 2 aromatic heterocycles. The van der Waals surface area contributed by atoms with Crippen molar-refractivity contribution >= 4 is 45.7 Å². The summed E-state index contributed by atoms with van der Waals surface area (Å²) in [6.45, 7) is 6.14. The average Bonchev–Trinajstić information content (AvgIpc) is 3.54. The fourth-order valence-corrected chi connectivity index (χ4v) is 6.28. The van der Waals surface area contributed by atoms with Crippen LogP contribution < -0.4 is 10.6 Å². The van der Waals surface area contributed by atoms with Crippen LogP contribution in [0, 0.1) is 5.92 Å². The van der Waals surface area contributed by atoms with Crippen LogP contribution in [-0.2, 0) is 13.0 Å².